The number of rotatable bonds is 5. The van der Waals surface area contributed by atoms with Crippen LogP contribution < -0.4 is 4.90 Å². The molecule has 1 atom stereocenters. The maximum atomic E-state index is 9.89. The highest BCUT2D eigenvalue weighted by atomic mass is 16.3. The molecule has 0 spiro atoms. The molecule has 0 aliphatic carbocycles. The molecule has 2 heteroatoms. The zero-order valence-electron chi connectivity index (χ0n) is 9.48. The van der Waals surface area contributed by atoms with E-state index in [2.05, 4.69) is 6.58 Å². The van der Waals surface area contributed by atoms with Gasteiger partial charge in [0.1, 0.15) is 0 Å². The van der Waals surface area contributed by atoms with Gasteiger partial charge in [0.2, 0.25) is 0 Å². The Labute approximate surface area is 91.9 Å². The SMILES string of the molecule is C=CCCC(O)c1cccc(N(C)C)c1. The molecule has 82 valence electrons. The molecule has 0 aliphatic heterocycles. The summed E-state index contributed by atoms with van der Waals surface area (Å²) in [4.78, 5) is 2.03. The highest BCUT2D eigenvalue weighted by molar-refractivity contribution is 5.47. The molecular weight excluding hydrogens is 186 g/mol. The number of aliphatic hydroxyl groups is 1. The fraction of sp³-hybridized carbons (Fsp3) is 0.385. The van der Waals surface area contributed by atoms with Crippen LogP contribution in [-0.2, 0) is 0 Å². The molecule has 0 fully saturated rings. The smallest absolute Gasteiger partial charge is 0.0793 e. The van der Waals surface area contributed by atoms with Crippen molar-refractivity contribution in [2.75, 3.05) is 19.0 Å². The fourth-order valence-electron chi connectivity index (χ4n) is 1.45. The quantitative estimate of drug-likeness (QED) is 0.747. The molecule has 0 aliphatic rings. The predicted molar refractivity (Wildman–Crippen MR) is 65.2 cm³/mol. The minimum atomic E-state index is -0.386. The molecule has 1 N–H and O–H groups in total. The molecule has 1 unspecified atom stereocenters. The first-order valence-electron chi connectivity index (χ1n) is 5.21. The number of aliphatic hydroxyl groups excluding tert-OH is 1. The van der Waals surface area contributed by atoms with Crippen LogP contribution in [0.3, 0.4) is 0 Å². The summed E-state index contributed by atoms with van der Waals surface area (Å²) in [5, 5.41) is 9.89. The molecule has 1 aromatic rings. The molecular formula is C13H19NO. The molecule has 1 aromatic carbocycles. The van der Waals surface area contributed by atoms with Gasteiger partial charge in [-0.1, -0.05) is 18.2 Å². The van der Waals surface area contributed by atoms with Crippen LogP contribution in [0.25, 0.3) is 0 Å². The van der Waals surface area contributed by atoms with Gasteiger partial charge in [-0.15, -0.1) is 6.58 Å². The molecule has 15 heavy (non-hydrogen) atoms. The van der Waals surface area contributed by atoms with Crippen LogP contribution in [0.2, 0.25) is 0 Å². The molecule has 0 saturated heterocycles. The van der Waals surface area contributed by atoms with E-state index in [9.17, 15) is 5.11 Å². The number of hydrogen-bond acceptors (Lipinski definition) is 2. The standard InChI is InChI=1S/C13H19NO/c1-4-5-9-13(15)11-7-6-8-12(10-11)14(2)3/h4,6-8,10,13,15H,1,5,9H2,2-3H3. The van der Waals surface area contributed by atoms with Crippen LogP contribution >= 0.6 is 0 Å². The van der Waals surface area contributed by atoms with E-state index < -0.39 is 0 Å². The van der Waals surface area contributed by atoms with Crippen LogP contribution in [0, 0.1) is 0 Å². The van der Waals surface area contributed by atoms with E-state index in [1.807, 2.05) is 49.3 Å². The van der Waals surface area contributed by atoms with Crippen molar-refractivity contribution >= 4 is 5.69 Å². The predicted octanol–water partition coefficient (Wildman–Crippen LogP) is 2.75. The lowest BCUT2D eigenvalue weighted by molar-refractivity contribution is 0.169. The Morgan fingerprint density at radius 1 is 1.47 bits per heavy atom. The fourth-order valence-corrected chi connectivity index (χ4v) is 1.45. The second-order valence-corrected chi connectivity index (χ2v) is 3.87. The number of benzene rings is 1. The lowest BCUT2D eigenvalue weighted by Crippen LogP contribution is -2.09. The van der Waals surface area contributed by atoms with E-state index in [4.69, 9.17) is 0 Å². The minimum absolute atomic E-state index is 0.386. The maximum absolute atomic E-state index is 9.89. The lowest BCUT2D eigenvalue weighted by Gasteiger charge is -2.16. The van der Waals surface area contributed by atoms with Gasteiger partial charge in [-0.2, -0.15) is 0 Å². The minimum Gasteiger partial charge on any atom is -0.388 e. The van der Waals surface area contributed by atoms with Gasteiger partial charge in [-0.25, -0.2) is 0 Å². The van der Waals surface area contributed by atoms with Crippen LogP contribution in [0.5, 0.6) is 0 Å². The van der Waals surface area contributed by atoms with Crippen molar-refractivity contribution in [1.82, 2.24) is 0 Å². The summed E-state index contributed by atoms with van der Waals surface area (Å²) in [5.41, 5.74) is 2.09. The summed E-state index contributed by atoms with van der Waals surface area (Å²) in [6.07, 6.45) is 3.02. The summed E-state index contributed by atoms with van der Waals surface area (Å²) < 4.78 is 0. The third kappa shape index (κ3) is 3.40. The van der Waals surface area contributed by atoms with Crippen LogP contribution in [0.15, 0.2) is 36.9 Å². The molecule has 1 rings (SSSR count). The molecule has 0 amide bonds. The Morgan fingerprint density at radius 3 is 2.80 bits per heavy atom. The maximum Gasteiger partial charge on any atom is 0.0793 e. The lowest BCUT2D eigenvalue weighted by atomic mass is 10.0. The first-order valence-corrected chi connectivity index (χ1v) is 5.21. The van der Waals surface area contributed by atoms with Crippen molar-refractivity contribution in [2.24, 2.45) is 0 Å². The van der Waals surface area contributed by atoms with E-state index in [1.165, 1.54) is 0 Å². The highest BCUT2D eigenvalue weighted by Gasteiger charge is 2.07. The van der Waals surface area contributed by atoms with Crippen molar-refractivity contribution in [3.63, 3.8) is 0 Å². The van der Waals surface area contributed by atoms with Crippen molar-refractivity contribution in [3.8, 4) is 0 Å². The third-order valence-corrected chi connectivity index (χ3v) is 2.42. The van der Waals surface area contributed by atoms with Gasteiger partial charge < -0.3 is 10.0 Å². The Morgan fingerprint density at radius 2 is 2.20 bits per heavy atom. The Kier molecular flexibility index (Phi) is 4.37. The topological polar surface area (TPSA) is 23.5 Å². The monoisotopic (exact) mass is 205 g/mol. The van der Waals surface area contributed by atoms with Crippen molar-refractivity contribution in [2.45, 2.75) is 18.9 Å². The molecule has 0 aromatic heterocycles. The van der Waals surface area contributed by atoms with Gasteiger partial charge >= 0.3 is 0 Å². The van der Waals surface area contributed by atoms with E-state index in [0.29, 0.717) is 0 Å². The summed E-state index contributed by atoms with van der Waals surface area (Å²) in [6, 6.07) is 7.99. The third-order valence-electron chi connectivity index (χ3n) is 2.42. The van der Waals surface area contributed by atoms with Gasteiger partial charge in [-0.3, -0.25) is 0 Å². The Hall–Kier alpha value is -1.28. The number of nitrogens with zero attached hydrogens (tertiary/aromatic N) is 1. The molecule has 0 saturated carbocycles. The van der Waals surface area contributed by atoms with Crippen LogP contribution in [0.4, 0.5) is 5.69 Å². The normalized spacial score (nSPS) is 12.2. The molecule has 2 nitrogen and oxygen atoms in total. The summed E-state index contributed by atoms with van der Waals surface area (Å²) in [5.74, 6) is 0. The Balaban J connectivity index is 2.75. The van der Waals surface area contributed by atoms with E-state index >= 15 is 0 Å². The highest BCUT2D eigenvalue weighted by Crippen LogP contribution is 2.22. The van der Waals surface area contributed by atoms with Crippen molar-refractivity contribution in [3.05, 3.63) is 42.5 Å². The second kappa shape index (κ2) is 5.56. The van der Waals surface area contributed by atoms with Gasteiger partial charge in [0, 0.05) is 19.8 Å². The van der Waals surface area contributed by atoms with Gasteiger partial charge in [0.05, 0.1) is 6.10 Å². The second-order valence-electron chi connectivity index (χ2n) is 3.87. The zero-order valence-corrected chi connectivity index (χ0v) is 9.48. The Bertz CT molecular complexity index is 320. The van der Waals surface area contributed by atoms with Gasteiger partial charge in [0.15, 0.2) is 0 Å². The van der Waals surface area contributed by atoms with Crippen molar-refractivity contribution < 1.29 is 5.11 Å². The number of allylic oxidation sites excluding steroid dienone is 1. The van der Waals surface area contributed by atoms with Gasteiger partial charge in [0.25, 0.3) is 0 Å². The first kappa shape index (κ1) is 11.8. The van der Waals surface area contributed by atoms with Crippen molar-refractivity contribution in [1.29, 1.82) is 0 Å². The number of anilines is 1. The molecule has 0 heterocycles. The first-order chi connectivity index (χ1) is 7.15. The van der Waals surface area contributed by atoms with Crippen LogP contribution in [-0.4, -0.2) is 19.2 Å². The molecule has 0 bridgehead atoms. The van der Waals surface area contributed by atoms with Gasteiger partial charge in [-0.05, 0) is 30.5 Å². The van der Waals surface area contributed by atoms with E-state index in [1.54, 1.807) is 0 Å². The summed E-state index contributed by atoms with van der Waals surface area (Å²) >= 11 is 0. The largest absolute Gasteiger partial charge is 0.388 e. The van der Waals surface area contributed by atoms with Crippen LogP contribution in [0.1, 0.15) is 24.5 Å². The van der Waals surface area contributed by atoms with E-state index in [0.717, 1.165) is 24.1 Å². The summed E-state index contributed by atoms with van der Waals surface area (Å²) in [6.45, 7) is 3.65. The molecule has 0 radical (unpaired) electrons. The average molecular weight is 205 g/mol. The number of hydrogen-bond donors (Lipinski definition) is 1. The average Bonchev–Trinajstić information content (AvgIpc) is 2.26. The zero-order chi connectivity index (χ0) is 11.3. The van der Waals surface area contributed by atoms with E-state index in [-0.39, 0.29) is 6.10 Å². The summed E-state index contributed by atoms with van der Waals surface area (Å²) in [7, 11) is 3.99.